The molecule has 0 bridgehead atoms. The summed E-state index contributed by atoms with van der Waals surface area (Å²) in [5.41, 5.74) is 8.16. The van der Waals surface area contributed by atoms with E-state index in [-0.39, 0.29) is 6.61 Å². The number of hydrogen-bond donors (Lipinski definition) is 4. The van der Waals surface area contributed by atoms with Crippen LogP contribution in [0.3, 0.4) is 0 Å². The van der Waals surface area contributed by atoms with Gasteiger partial charge in [-0.1, -0.05) is 0 Å². The van der Waals surface area contributed by atoms with Gasteiger partial charge in [0.15, 0.2) is 0 Å². The van der Waals surface area contributed by atoms with E-state index in [1.54, 1.807) is 6.20 Å². The molecule has 0 aliphatic rings. The molecule has 1 amide bonds. The topological polar surface area (TPSA) is 128 Å². The molecule has 1 heterocycles. The molecule has 0 aromatic carbocycles. The number of hydrogen-bond acceptors (Lipinski definition) is 7. The summed E-state index contributed by atoms with van der Waals surface area (Å²) >= 11 is 0. The number of nitrogens with one attached hydrogen (secondary N) is 2. The number of nitrogen functional groups attached to an aromatic ring is 1. The lowest BCUT2D eigenvalue weighted by Gasteiger charge is -2.09. The summed E-state index contributed by atoms with van der Waals surface area (Å²) in [5.74, 6) is 5.70. The lowest BCUT2D eigenvalue weighted by Crippen LogP contribution is -2.21. The van der Waals surface area contributed by atoms with Gasteiger partial charge >= 0.3 is 0 Å². The second kappa shape index (κ2) is 6.61. The van der Waals surface area contributed by atoms with Crippen molar-refractivity contribution in [2.75, 3.05) is 30.5 Å². The Balaban J connectivity index is 2.38. The van der Waals surface area contributed by atoms with Crippen LogP contribution in [-0.2, 0) is 9.53 Å². The number of nitrogens with zero attached hydrogens (tertiary/aromatic N) is 2. The van der Waals surface area contributed by atoms with Crippen molar-refractivity contribution in [2.45, 2.75) is 6.92 Å². The molecule has 0 saturated heterocycles. The van der Waals surface area contributed by atoms with Gasteiger partial charge in [-0.05, 0) is 6.92 Å². The van der Waals surface area contributed by atoms with Crippen molar-refractivity contribution in [3.05, 3.63) is 11.8 Å². The molecule has 0 fully saturated rings. The van der Waals surface area contributed by atoms with Gasteiger partial charge in [0.05, 0.1) is 6.61 Å². The Morgan fingerprint density at radius 2 is 2.35 bits per heavy atom. The zero-order valence-corrected chi connectivity index (χ0v) is 9.56. The monoisotopic (exact) mass is 240 g/mol. The molecule has 1 rings (SSSR count). The van der Waals surface area contributed by atoms with Crippen molar-refractivity contribution in [1.82, 2.24) is 9.97 Å². The molecule has 0 unspecified atom stereocenters. The molecule has 6 N–H and O–H groups in total. The predicted molar refractivity (Wildman–Crippen MR) is 63.1 cm³/mol. The minimum Gasteiger partial charge on any atom is -0.370 e. The van der Waals surface area contributed by atoms with E-state index in [9.17, 15) is 4.79 Å². The number of amides is 1. The number of nitrogens with two attached hydrogens (primary N) is 2. The van der Waals surface area contributed by atoms with Crippen LogP contribution >= 0.6 is 0 Å². The normalized spacial score (nSPS) is 10.0. The molecule has 8 heteroatoms. The molecule has 0 spiro atoms. The number of anilines is 2. The highest BCUT2D eigenvalue weighted by Crippen LogP contribution is 2.11. The van der Waals surface area contributed by atoms with E-state index in [1.165, 1.54) is 0 Å². The number of carbonyl (C=O) groups is 1. The molecule has 0 radical (unpaired) electrons. The van der Waals surface area contributed by atoms with Gasteiger partial charge < -0.3 is 15.8 Å². The first-order chi connectivity index (χ1) is 8.13. The zero-order chi connectivity index (χ0) is 12.7. The smallest absolute Gasteiger partial charge is 0.243 e. The molecule has 94 valence electrons. The maximum absolute atomic E-state index is 10.4. The van der Waals surface area contributed by atoms with Crippen LogP contribution < -0.4 is 22.3 Å². The van der Waals surface area contributed by atoms with E-state index in [0.717, 1.165) is 5.56 Å². The van der Waals surface area contributed by atoms with E-state index in [4.69, 9.17) is 16.3 Å². The second-order valence-corrected chi connectivity index (χ2v) is 3.32. The lowest BCUT2D eigenvalue weighted by atomic mass is 10.3. The third-order valence-corrected chi connectivity index (χ3v) is 1.88. The zero-order valence-electron chi connectivity index (χ0n) is 9.56. The van der Waals surface area contributed by atoms with Gasteiger partial charge in [0.25, 0.3) is 0 Å². The van der Waals surface area contributed by atoms with Crippen LogP contribution in [0.1, 0.15) is 5.56 Å². The Hall–Kier alpha value is -1.93. The largest absolute Gasteiger partial charge is 0.370 e. The fourth-order valence-corrected chi connectivity index (χ4v) is 1.10. The van der Waals surface area contributed by atoms with Crippen molar-refractivity contribution in [1.29, 1.82) is 0 Å². The lowest BCUT2D eigenvalue weighted by molar-refractivity contribution is -0.122. The van der Waals surface area contributed by atoms with Crippen LogP contribution in [0.4, 0.5) is 11.8 Å². The van der Waals surface area contributed by atoms with Crippen molar-refractivity contribution < 1.29 is 9.53 Å². The van der Waals surface area contributed by atoms with Gasteiger partial charge in [0.1, 0.15) is 12.4 Å². The number of carbonyl (C=O) groups excluding carboxylic acids is 1. The van der Waals surface area contributed by atoms with E-state index in [2.05, 4.69) is 20.7 Å². The van der Waals surface area contributed by atoms with Crippen molar-refractivity contribution >= 4 is 17.7 Å². The first-order valence-corrected chi connectivity index (χ1v) is 5.03. The minimum absolute atomic E-state index is 0.0833. The third-order valence-electron chi connectivity index (χ3n) is 1.88. The van der Waals surface area contributed by atoms with Crippen LogP contribution in [0.25, 0.3) is 0 Å². The third kappa shape index (κ3) is 4.62. The van der Waals surface area contributed by atoms with Gasteiger partial charge in [-0.2, -0.15) is 4.98 Å². The van der Waals surface area contributed by atoms with Gasteiger partial charge in [0.2, 0.25) is 11.9 Å². The SMILES string of the molecule is Cc1cnc(NN)nc1NCCOCC(N)=O. The average molecular weight is 240 g/mol. The highest BCUT2D eigenvalue weighted by atomic mass is 16.5. The van der Waals surface area contributed by atoms with Crippen molar-refractivity contribution in [3.63, 3.8) is 0 Å². The number of rotatable bonds is 7. The van der Waals surface area contributed by atoms with Gasteiger partial charge in [-0.3, -0.25) is 10.2 Å². The number of aromatic nitrogens is 2. The maximum Gasteiger partial charge on any atom is 0.243 e. The van der Waals surface area contributed by atoms with Crippen LogP contribution in [0, 0.1) is 6.92 Å². The van der Waals surface area contributed by atoms with E-state index in [1.807, 2.05) is 6.92 Å². The summed E-state index contributed by atoms with van der Waals surface area (Å²) in [7, 11) is 0. The standard InChI is InChI=1S/C9H16N6O2/c1-6-4-13-9(15-11)14-8(6)12-2-3-17-5-7(10)16/h4H,2-3,5,11H2,1H3,(H2,10,16)(H2,12,13,14,15). The fourth-order valence-electron chi connectivity index (χ4n) is 1.10. The molecular formula is C9H16N6O2. The van der Waals surface area contributed by atoms with E-state index >= 15 is 0 Å². The predicted octanol–water partition coefficient (Wildman–Crippen LogP) is -1.02. The summed E-state index contributed by atoms with van der Waals surface area (Å²) in [6.07, 6.45) is 1.65. The molecule has 0 aliphatic heterocycles. The molecule has 8 nitrogen and oxygen atoms in total. The van der Waals surface area contributed by atoms with Gasteiger partial charge in [0, 0.05) is 18.3 Å². The Labute approximate surface area is 98.7 Å². The van der Waals surface area contributed by atoms with E-state index in [0.29, 0.717) is 24.9 Å². The Morgan fingerprint density at radius 3 is 3.00 bits per heavy atom. The maximum atomic E-state index is 10.4. The number of ether oxygens (including phenoxy) is 1. The van der Waals surface area contributed by atoms with E-state index < -0.39 is 5.91 Å². The second-order valence-electron chi connectivity index (χ2n) is 3.32. The Morgan fingerprint density at radius 1 is 1.59 bits per heavy atom. The van der Waals surface area contributed by atoms with Gasteiger partial charge in [-0.25, -0.2) is 10.8 Å². The summed E-state index contributed by atoms with van der Waals surface area (Å²) in [5, 5.41) is 3.04. The van der Waals surface area contributed by atoms with Crippen LogP contribution in [0.2, 0.25) is 0 Å². The molecular weight excluding hydrogens is 224 g/mol. The van der Waals surface area contributed by atoms with Crippen LogP contribution in [-0.4, -0.2) is 35.6 Å². The minimum atomic E-state index is -0.488. The summed E-state index contributed by atoms with van der Waals surface area (Å²) in [4.78, 5) is 18.5. The summed E-state index contributed by atoms with van der Waals surface area (Å²) in [6, 6.07) is 0. The Kier molecular flexibility index (Phi) is 5.11. The molecule has 1 aromatic rings. The van der Waals surface area contributed by atoms with Crippen LogP contribution in [0.15, 0.2) is 6.20 Å². The quantitative estimate of drug-likeness (QED) is 0.273. The Bertz CT molecular complexity index is 384. The number of aryl methyl sites for hydroxylation is 1. The molecule has 0 saturated carbocycles. The first-order valence-electron chi connectivity index (χ1n) is 5.03. The van der Waals surface area contributed by atoms with Crippen molar-refractivity contribution in [2.24, 2.45) is 11.6 Å². The number of primary amides is 1. The fraction of sp³-hybridized carbons (Fsp3) is 0.444. The van der Waals surface area contributed by atoms with Crippen LogP contribution in [0.5, 0.6) is 0 Å². The highest BCUT2D eigenvalue weighted by Gasteiger charge is 2.02. The summed E-state index contributed by atoms with van der Waals surface area (Å²) < 4.78 is 4.99. The highest BCUT2D eigenvalue weighted by molar-refractivity contribution is 5.74. The molecule has 0 aliphatic carbocycles. The number of hydrazine groups is 1. The molecule has 1 aromatic heterocycles. The van der Waals surface area contributed by atoms with Crippen molar-refractivity contribution in [3.8, 4) is 0 Å². The molecule has 17 heavy (non-hydrogen) atoms. The molecule has 0 atom stereocenters. The van der Waals surface area contributed by atoms with Gasteiger partial charge in [-0.15, -0.1) is 0 Å². The first kappa shape index (κ1) is 13.1. The summed E-state index contributed by atoms with van der Waals surface area (Å²) in [6.45, 7) is 2.65. The average Bonchev–Trinajstić information content (AvgIpc) is 2.30.